The molecule has 2 rings (SSSR count). The van der Waals surface area contributed by atoms with Gasteiger partial charge in [-0.25, -0.2) is 0 Å². The molecule has 1 aromatic carbocycles. The molecule has 0 aliphatic carbocycles. The molecule has 4 heteroatoms. The lowest BCUT2D eigenvalue weighted by Crippen LogP contribution is -2.29. The Bertz CT molecular complexity index is 483. The lowest BCUT2D eigenvalue weighted by Gasteiger charge is -2.20. The van der Waals surface area contributed by atoms with Gasteiger partial charge in [0.1, 0.15) is 12.4 Å². The van der Waals surface area contributed by atoms with Crippen molar-refractivity contribution in [2.45, 2.75) is 46.5 Å². The average Bonchev–Trinajstić information content (AvgIpc) is 2.77. The van der Waals surface area contributed by atoms with E-state index in [1.807, 2.05) is 45.0 Å². The van der Waals surface area contributed by atoms with Crippen molar-refractivity contribution in [1.82, 2.24) is 4.90 Å². The number of carbonyl (C=O) groups excluding carboxylic acids is 1. The fourth-order valence-corrected chi connectivity index (χ4v) is 2.61. The SMILES string of the molecule is CC(C)(C)C(=O)Nc1ccc(OCCN2CCCCCC2)cc1. The zero-order valence-corrected chi connectivity index (χ0v) is 14.7. The van der Waals surface area contributed by atoms with Crippen molar-refractivity contribution in [3.05, 3.63) is 24.3 Å². The minimum Gasteiger partial charge on any atom is -0.492 e. The molecule has 0 unspecified atom stereocenters. The highest BCUT2D eigenvalue weighted by atomic mass is 16.5. The molecule has 1 fully saturated rings. The van der Waals surface area contributed by atoms with E-state index in [9.17, 15) is 4.79 Å². The average molecular weight is 318 g/mol. The Morgan fingerprint density at radius 2 is 1.70 bits per heavy atom. The van der Waals surface area contributed by atoms with Gasteiger partial charge in [-0.05, 0) is 50.2 Å². The molecule has 128 valence electrons. The van der Waals surface area contributed by atoms with E-state index >= 15 is 0 Å². The van der Waals surface area contributed by atoms with Crippen LogP contribution in [0.4, 0.5) is 5.69 Å². The number of hydrogen-bond donors (Lipinski definition) is 1. The maximum atomic E-state index is 11.9. The Morgan fingerprint density at radius 3 is 2.26 bits per heavy atom. The van der Waals surface area contributed by atoms with Crippen LogP contribution in [-0.2, 0) is 4.79 Å². The second-order valence-electron chi connectivity index (χ2n) is 7.33. The topological polar surface area (TPSA) is 41.6 Å². The first kappa shape index (κ1) is 17.8. The third kappa shape index (κ3) is 6.22. The van der Waals surface area contributed by atoms with Crippen molar-refractivity contribution in [3.8, 4) is 5.75 Å². The fraction of sp³-hybridized carbons (Fsp3) is 0.632. The summed E-state index contributed by atoms with van der Waals surface area (Å²) in [5, 5.41) is 2.92. The molecule has 0 aromatic heterocycles. The summed E-state index contributed by atoms with van der Waals surface area (Å²) in [4.78, 5) is 14.4. The van der Waals surface area contributed by atoms with E-state index in [1.165, 1.54) is 38.8 Å². The molecule has 23 heavy (non-hydrogen) atoms. The molecular formula is C19H30N2O2. The van der Waals surface area contributed by atoms with Crippen LogP contribution in [-0.4, -0.2) is 37.0 Å². The molecule has 1 aliphatic heterocycles. The molecular weight excluding hydrogens is 288 g/mol. The highest BCUT2D eigenvalue weighted by Crippen LogP contribution is 2.20. The normalized spacial score (nSPS) is 16.7. The van der Waals surface area contributed by atoms with E-state index in [0.717, 1.165) is 18.0 Å². The van der Waals surface area contributed by atoms with Crippen LogP contribution in [0.25, 0.3) is 0 Å². The third-order valence-corrected chi connectivity index (χ3v) is 4.17. The number of likely N-dealkylation sites (tertiary alicyclic amines) is 1. The largest absolute Gasteiger partial charge is 0.492 e. The number of hydrogen-bond acceptors (Lipinski definition) is 3. The first-order valence-corrected chi connectivity index (χ1v) is 8.72. The van der Waals surface area contributed by atoms with Crippen molar-refractivity contribution >= 4 is 11.6 Å². The molecule has 0 atom stereocenters. The third-order valence-electron chi connectivity index (χ3n) is 4.17. The Balaban J connectivity index is 1.75. The first-order chi connectivity index (χ1) is 10.9. The Kier molecular flexibility index (Phi) is 6.46. The van der Waals surface area contributed by atoms with Crippen molar-refractivity contribution in [2.75, 3.05) is 31.6 Å². The summed E-state index contributed by atoms with van der Waals surface area (Å²) in [5.41, 5.74) is 0.423. The van der Waals surface area contributed by atoms with Gasteiger partial charge in [0.25, 0.3) is 0 Å². The number of nitrogens with zero attached hydrogens (tertiary/aromatic N) is 1. The van der Waals surface area contributed by atoms with E-state index < -0.39 is 0 Å². The molecule has 1 N–H and O–H groups in total. The van der Waals surface area contributed by atoms with Crippen LogP contribution in [0.1, 0.15) is 46.5 Å². The summed E-state index contributed by atoms with van der Waals surface area (Å²) in [6.07, 6.45) is 5.34. The quantitative estimate of drug-likeness (QED) is 0.894. The summed E-state index contributed by atoms with van der Waals surface area (Å²) in [7, 11) is 0. The Hall–Kier alpha value is -1.55. The van der Waals surface area contributed by atoms with E-state index in [1.54, 1.807) is 0 Å². The van der Waals surface area contributed by atoms with E-state index in [-0.39, 0.29) is 11.3 Å². The van der Waals surface area contributed by atoms with Crippen LogP contribution in [0.3, 0.4) is 0 Å². The van der Waals surface area contributed by atoms with Gasteiger partial charge in [-0.3, -0.25) is 9.69 Å². The highest BCUT2D eigenvalue weighted by molar-refractivity contribution is 5.94. The van der Waals surface area contributed by atoms with Gasteiger partial charge in [-0.15, -0.1) is 0 Å². The number of rotatable bonds is 5. The second kappa shape index (κ2) is 8.34. The minimum absolute atomic E-state index is 0.0207. The van der Waals surface area contributed by atoms with Crippen molar-refractivity contribution < 1.29 is 9.53 Å². The van der Waals surface area contributed by atoms with E-state index in [0.29, 0.717) is 6.61 Å². The summed E-state index contributed by atoms with van der Waals surface area (Å²) < 4.78 is 5.82. The molecule has 0 bridgehead atoms. The predicted molar refractivity (Wildman–Crippen MR) is 94.9 cm³/mol. The zero-order chi connectivity index (χ0) is 16.7. The van der Waals surface area contributed by atoms with Gasteiger partial charge in [-0.2, -0.15) is 0 Å². The van der Waals surface area contributed by atoms with E-state index in [4.69, 9.17) is 4.74 Å². The summed E-state index contributed by atoms with van der Waals surface area (Å²) in [6.45, 7) is 9.81. The predicted octanol–water partition coefficient (Wildman–Crippen LogP) is 3.93. The summed E-state index contributed by atoms with van der Waals surface area (Å²) >= 11 is 0. The van der Waals surface area contributed by atoms with Gasteiger partial charge in [0.2, 0.25) is 5.91 Å². The van der Waals surface area contributed by atoms with Gasteiger partial charge in [-0.1, -0.05) is 33.6 Å². The smallest absolute Gasteiger partial charge is 0.229 e. The van der Waals surface area contributed by atoms with Crippen LogP contribution in [0.5, 0.6) is 5.75 Å². The van der Waals surface area contributed by atoms with Crippen molar-refractivity contribution in [2.24, 2.45) is 5.41 Å². The van der Waals surface area contributed by atoms with Crippen molar-refractivity contribution in [1.29, 1.82) is 0 Å². The monoisotopic (exact) mass is 318 g/mol. The van der Waals surface area contributed by atoms with Gasteiger partial charge < -0.3 is 10.1 Å². The fourth-order valence-electron chi connectivity index (χ4n) is 2.61. The zero-order valence-electron chi connectivity index (χ0n) is 14.7. The van der Waals surface area contributed by atoms with Crippen molar-refractivity contribution in [3.63, 3.8) is 0 Å². The van der Waals surface area contributed by atoms with Crippen LogP contribution in [0.15, 0.2) is 24.3 Å². The summed E-state index contributed by atoms with van der Waals surface area (Å²) in [5.74, 6) is 0.876. The van der Waals surface area contributed by atoms with Crippen LogP contribution in [0, 0.1) is 5.41 Å². The maximum Gasteiger partial charge on any atom is 0.229 e. The molecule has 0 spiro atoms. The number of benzene rings is 1. The van der Waals surface area contributed by atoms with Crippen LogP contribution in [0.2, 0.25) is 0 Å². The Morgan fingerprint density at radius 1 is 1.09 bits per heavy atom. The second-order valence-corrected chi connectivity index (χ2v) is 7.33. The maximum absolute atomic E-state index is 11.9. The molecule has 1 saturated heterocycles. The number of carbonyl (C=O) groups is 1. The lowest BCUT2D eigenvalue weighted by molar-refractivity contribution is -0.123. The molecule has 0 radical (unpaired) electrons. The van der Waals surface area contributed by atoms with Gasteiger partial charge in [0, 0.05) is 17.6 Å². The lowest BCUT2D eigenvalue weighted by atomic mass is 9.95. The highest BCUT2D eigenvalue weighted by Gasteiger charge is 2.21. The first-order valence-electron chi connectivity index (χ1n) is 8.72. The molecule has 4 nitrogen and oxygen atoms in total. The van der Waals surface area contributed by atoms with Crippen LogP contribution < -0.4 is 10.1 Å². The minimum atomic E-state index is -0.387. The summed E-state index contributed by atoms with van der Waals surface area (Å²) in [6, 6.07) is 7.62. The van der Waals surface area contributed by atoms with Gasteiger partial charge in [0.15, 0.2) is 0 Å². The Labute approximate surface area is 140 Å². The van der Waals surface area contributed by atoms with Crippen LogP contribution >= 0.6 is 0 Å². The number of nitrogens with one attached hydrogen (secondary N) is 1. The standard InChI is InChI=1S/C19H30N2O2/c1-19(2,3)18(22)20-16-8-10-17(11-9-16)23-15-14-21-12-6-4-5-7-13-21/h8-11H,4-7,12-15H2,1-3H3,(H,20,22). The molecule has 0 saturated carbocycles. The number of amides is 1. The molecule has 1 heterocycles. The molecule has 1 aliphatic rings. The van der Waals surface area contributed by atoms with Gasteiger partial charge >= 0.3 is 0 Å². The number of anilines is 1. The molecule has 1 aromatic rings. The van der Waals surface area contributed by atoms with E-state index in [2.05, 4.69) is 10.2 Å². The van der Waals surface area contributed by atoms with Gasteiger partial charge in [0.05, 0.1) is 0 Å². The molecule has 1 amide bonds. The number of ether oxygens (including phenoxy) is 1.